The maximum Gasteiger partial charge on any atom is 0.337 e. The molecule has 1 saturated heterocycles. The zero-order valence-electron chi connectivity index (χ0n) is 14.2. The minimum Gasteiger partial charge on any atom is -0.465 e. The number of nitro benzene ring substituents is 1. The molecule has 1 aliphatic heterocycles. The third kappa shape index (κ3) is 3.33. The number of hydrogen-bond donors (Lipinski definition) is 0. The van der Waals surface area contributed by atoms with E-state index in [4.69, 9.17) is 4.74 Å². The Morgan fingerprint density at radius 1 is 1.44 bits per heavy atom. The van der Waals surface area contributed by atoms with Crippen molar-refractivity contribution < 1.29 is 14.5 Å². The second-order valence-corrected chi connectivity index (χ2v) is 6.24. The van der Waals surface area contributed by atoms with Crippen molar-refractivity contribution in [2.75, 3.05) is 25.1 Å². The summed E-state index contributed by atoms with van der Waals surface area (Å²) < 4.78 is 6.77. The van der Waals surface area contributed by atoms with E-state index < -0.39 is 10.9 Å². The first-order valence-corrected chi connectivity index (χ1v) is 8.10. The van der Waals surface area contributed by atoms with Crippen molar-refractivity contribution in [3.63, 3.8) is 0 Å². The highest BCUT2D eigenvalue weighted by Crippen LogP contribution is 2.35. The van der Waals surface area contributed by atoms with Gasteiger partial charge in [-0.15, -0.1) is 0 Å². The van der Waals surface area contributed by atoms with Gasteiger partial charge in [0.05, 0.1) is 30.0 Å². The summed E-state index contributed by atoms with van der Waals surface area (Å²) >= 11 is 0. The molecule has 0 saturated carbocycles. The van der Waals surface area contributed by atoms with Crippen molar-refractivity contribution in [3.8, 4) is 0 Å². The number of ether oxygens (including phenoxy) is 1. The average molecular weight is 344 g/mol. The molecule has 2 heterocycles. The number of nitro groups is 1. The summed E-state index contributed by atoms with van der Waals surface area (Å²) in [6.45, 7) is 3.47. The second-order valence-electron chi connectivity index (χ2n) is 6.24. The van der Waals surface area contributed by atoms with E-state index in [0.29, 0.717) is 30.3 Å². The number of nitrogens with zero attached hydrogens (tertiary/aromatic N) is 4. The van der Waals surface area contributed by atoms with Crippen LogP contribution in [0.3, 0.4) is 0 Å². The summed E-state index contributed by atoms with van der Waals surface area (Å²) in [4.78, 5) is 28.9. The van der Waals surface area contributed by atoms with Gasteiger partial charge >= 0.3 is 5.97 Å². The molecule has 0 bridgehead atoms. The molecule has 132 valence electrons. The van der Waals surface area contributed by atoms with E-state index in [0.717, 1.165) is 6.42 Å². The van der Waals surface area contributed by atoms with E-state index in [9.17, 15) is 14.9 Å². The molecule has 2 aromatic rings. The molecule has 2 atom stereocenters. The van der Waals surface area contributed by atoms with E-state index in [1.54, 1.807) is 18.6 Å². The predicted molar refractivity (Wildman–Crippen MR) is 91.7 cm³/mol. The molecular formula is C17H20N4O4. The molecule has 1 aromatic carbocycles. The summed E-state index contributed by atoms with van der Waals surface area (Å²) in [5.41, 5.74) is 0.748. The number of benzene rings is 1. The van der Waals surface area contributed by atoms with Gasteiger partial charge in [-0.2, -0.15) is 0 Å². The largest absolute Gasteiger partial charge is 0.465 e. The first-order chi connectivity index (χ1) is 12.0. The summed E-state index contributed by atoms with van der Waals surface area (Å²) in [5, 5.41) is 11.4. The molecule has 3 rings (SSSR count). The lowest BCUT2D eigenvalue weighted by Crippen LogP contribution is -2.40. The topological polar surface area (TPSA) is 90.5 Å². The molecule has 8 nitrogen and oxygen atoms in total. The van der Waals surface area contributed by atoms with Gasteiger partial charge in [0.15, 0.2) is 0 Å². The van der Waals surface area contributed by atoms with Crippen LogP contribution >= 0.6 is 0 Å². The molecule has 0 unspecified atom stereocenters. The Hall–Kier alpha value is -2.90. The smallest absolute Gasteiger partial charge is 0.337 e. The molecule has 1 aromatic heterocycles. The lowest BCUT2D eigenvalue weighted by Gasteiger charge is -2.38. The number of piperidine rings is 1. The highest BCUT2D eigenvalue weighted by Gasteiger charge is 2.31. The number of imidazole rings is 1. The molecule has 0 spiro atoms. The van der Waals surface area contributed by atoms with Crippen LogP contribution in [0, 0.1) is 16.0 Å². The molecule has 0 radical (unpaired) electrons. The molecule has 8 heteroatoms. The van der Waals surface area contributed by atoms with Gasteiger partial charge in [0, 0.05) is 31.5 Å². The Balaban J connectivity index is 1.96. The summed E-state index contributed by atoms with van der Waals surface area (Å²) in [7, 11) is 1.29. The van der Waals surface area contributed by atoms with Crippen molar-refractivity contribution in [2.24, 2.45) is 5.92 Å². The number of carbonyl (C=O) groups excluding carboxylic acids is 1. The van der Waals surface area contributed by atoms with Crippen molar-refractivity contribution in [3.05, 3.63) is 52.6 Å². The lowest BCUT2D eigenvalue weighted by atomic mass is 9.92. The van der Waals surface area contributed by atoms with Gasteiger partial charge in [-0.05, 0) is 24.5 Å². The van der Waals surface area contributed by atoms with Gasteiger partial charge in [0.2, 0.25) is 0 Å². The maximum atomic E-state index is 11.8. The van der Waals surface area contributed by atoms with Gasteiger partial charge in [-0.25, -0.2) is 9.78 Å². The first kappa shape index (κ1) is 16.9. The Labute approximate surface area is 145 Å². The normalized spacial score (nSPS) is 20.3. The van der Waals surface area contributed by atoms with Gasteiger partial charge in [0.25, 0.3) is 5.69 Å². The Bertz CT molecular complexity index is 775. The third-order valence-electron chi connectivity index (χ3n) is 4.76. The molecule has 0 N–H and O–H groups in total. The van der Waals surface area contributed by atoms with Crippen LogP contribution in [0.4, 0.5) is 11.4 Å². The minimum absolute atomic E-state index is 0.00779. The third-order valence-corrected chi connectivity index (χ3v) is 4.76. The van der Waals surface area contributed by atoms with Crippen molar-refractivity contribution in [2.45, 2.75) is 19.4 Å². The SMILES string of the molecule is COC(=O)c1ccc([N+](=O)[O-])c(N2CC[C@@H](C)[C@@H](n3ccnc3)C2)c1. The Morgan fingerprint density at radius 3 is 2.88 bits per heavy atom. The van der Waals surface area contributed by atoms with Crippen LogP contribution in [0.5, 0.6) is 0 Å². The fourth-order valence-corrected chi connectivity index (χ4v) is 3.30. The van der Waals surface area contributed by atoms with Crippen molar-refractivity contribution in [1.82, 2.24) is 9.55 Å². The van der Waals surface area contributed by atoms with E-state index in [1.165, 1.54) is 19.2 Å². The van der Waals surface area contributed by atoms with Crippen LogP contribution in [0.1, 0.15) is 29.7 Å². The summed E-state index contributed by atoms with van der Waals surface area (Å²) in [6.07, 6.45) is 6.29. The average Bonchev–Trinajstić information content (AvgIpc) is 3.15. The second kappa shape index (κ2) is 6.92. The number of methoxy groups -OCH3 is 1. The fourth-order valence-electron chi connectivity index (χ4n) is 3.30. The number of aromatic nitrogens is 2. The van der Waals surface area contributed by atoms with Crippen LogP contribution in [0.25, 0.3) is 0 Å². The highest BCUT2D eigenvalue weighted by molar-refractivity contribution is 5.91. The molecule has 1 fully saturated rings. The Morgan fingerprint density at radius 2 is 2.24 bits per heavy atom. The number of anilines is 1. The predicted octanol–water partition coefficient (Wildman–Crippen LogP) is 2.67. The standard InChI is InChI=1S/C17H20N4O4/c1-12-5-7-19(10-16(12)20-8-6-18-11-20)15-9-13(17(22)25-2)3-4-14(15)21(23)24/h3-4,6,8-9,11-12,16H,5,7,10H2,1-2H3/t12-,16+/m1/s1. The number of rotatable bonds is 4. The van der Waals surface area contributed by atoms with E-state index in [2.05, 4.69) is 11.9 Å². The number of carbonyl (C=O) groups is 1. The monoisotopic (exact) mass is 344 g/mol. The van der Waals surface area contributed by atoms with Gasteiger partial charge in [-0.3, -0.25) is 10.1 Å². The van der Waals surface area contributed by atoms with Crippen molar-refractivity contribution in [1.29, 1.82) is 0 Å². The summed E-state index contributed by atoms with van der Waals surface area (Å²) in [5.74, 6) is -0.0824. The number of hydrogen-bond acceptors (Lipinski definition) is 6. The summed E-state index contributed by atoms with van der Waals surface area (Å²) in [6, 6.07) is 4.50. The minimum atomic E-state index is -0.507. The van der Waals surface area contributed by atoms with Crippen LogP contribution in [0.15, 0.2) is 36.9 Å². The number of esters is 1. The van der Waals surface area contributed by atoms with E-state index in [-0.39, 0.29) is 11.7 Å². The molecule has 1 aliphatic rings. The van der Waals surface area contributed by atoms with Gasteiger partial charge in [0.1, 0.15) is 5.69 Å². The zero-order valence-corrected chi connectivity index (χ0v) is 14.2. The lowest BCUT2D eigenvalue weighted by molar-refractivity contribution is -0.384. The van der Waals surface area contributed by atoms with Gasteiger partial charge in [-0.1, -0.05) is 6.92 Å². The molecular weight excluding hydrogens is 324 g/mol. The van der Waals surface area contributed by atoms with E-state index in [1.807, 2.05) is 15.7 Å². The van der Waals surface area contributed by atoms with Crippen LogP contribution in [0.2, 0.25) is 0 Å². The highest BCUT2D eigenvalue weighted by atomic mass is 16.6. The molecule has 25 heavy (non-hydrogen) atoms. The van der Waals surface area contributed by atoms with Crippen molar-refractivity contribution >= 4 is 17.3 Å². The zero-order chi connectivity index (χ0) is 18.0. The van der Waals surface area contributed by atoms with Crippen LogP contribution in [-0.2, 0) is 4.74 Å². The fraction of sp³-hybridized carbons (Fsp3) is 0.412. The molecule has 0 aliphatic carbocycles. The van der Waals surface area contributed by atoms with E-state index >= 15 is 0 Å². The van der Waals surface area contributed by atoms with Gasteiger partial charge < -0.3 is 14.2 Å². The Kier molecular flexibility index (Phi) is 4.69. The molecule has 0 amide bonds. The van der Waals surface area contributed by atoms with Crippen LogP contribution < -0.4 is 4.90 Å². The quantitative estimate of drug-likeness (QED) is 0.481. The maximum absolute atomic E-state index is 11.8. The van der Waals surface area contributed by atoms with Crippen LogP contribution in [-0.4, -0.2) is 40.6 Å². The first-order valence-electron chi connectivity index (χ1n) is 8.10.